The van der Waals surface area contributed by atoms with Gasteiger partial charge >= 0.3 is 0 Å². The van der Waals surface area contributed by atoms with E-state index in [0.717, 1.165) is 21.1 Å². The van der Waals surface area contributed by atoms with Crippen LogP contribution in [0.1, 0.15) is 21.6 Å². The molecule has 0 unspecified atom stereocenters. The van der Waals surface area contributed by atoms with Gasteiger partial charge in [-0.15, -0.1) is 16.2 Å². The van der Waals surface area contributed by atoms with Crippen LogP contribution in [0.15, 0.2) is 58.8 Å². The number of rotatable bonds is 3. The van der Waals surface area contributed by atoms with E-state index in [1.807, 2.05) is 36.6 Å². The number of amides is 1. The number of hydrazine groups is 1. The summed E-state index contributed by atoms with van der Waals surface area (Å²) in [6.45, 7) is 2.08. The summed E-state index contributed by atoms with van der Waals surface area (Å²) >= 11 is 1.46. The third-order valence-electron chi connectivity index (χ3n) is 4.05. The average molecular weight is 385 g/mol. The van der Waals surface area contributed by atoms with Gasteiger partial charge in [0.1, 0.15) is 5.01 Å². The number of benzene rings is 2. The van der Waals surface area contributed by atoms with E-state index in [1.54, 1.807) is 12.1 Å². The Morgan fingerprint density at radius 1 is 1.12 bits per heavy atom. The van der Waals surface area contributed by atoms with E-state index in [4.69, 9.17) is 0 Å². The second kappa shape index (κ2) is 6.31. The topological polar surface area (TPSA) is 79.4 Å². The van der Waals surface area contributed by atoms with Crippen molar-refractivity contribution >= 4 is 27.3 Å². The maximum Gasteiger partial charge on any atom is 0.270 e. The van der Waals surface area contributed by atoms with Crippen LogP contribution in [0.5, 0.6) is 0 Å². The average Bonchev–Trinajstić information content (AvgIpc) is 3.08. The zero-order valence-corrected chi connectivity index (χ0v) is 15.5. The summed E-state index contributed by atoms with van der Waals surface area (Å²) in [6, 6.07) is 14.2. The molecule has 3 aromatic rings. The zero-order chi connectivity index (χ0) is 18.3. The molecule has 4 rings (SSSR count). The van der Waals surface area contributed by atoms with Crippen LogP contribution in [-0.2, 0) is 16.6 Å². The molecule has 0 saturated carbocycles. The maximum atomic E-state index is 12.6. The van der Waals surface area contributed by atoms with Crippen LogP contribution in [0.4, 0.5) is 0 Å². The molecule has 2 aromatic carbocycles. The van der Waals surface area contributed by atoms with E-state index in [0.29, 0.717) is 5.69 Å². The monoisotopic (exact) mass is 385 g/mol. The summed E-state index contributed by atoms with van der Waals surface area (Å²) in [5.74, 6) is -0.389. The molecule has 1 aliphatic rings. The summed E-state index contributed by atoms with van der Waals surface area (Å²) in [5, 5.41) is 3.75. The molecule has 6 nitrogen and oxygen atoms in total. The SMILES string of the molecule is Cc1ccc(-c2nc(CN3NS(=O)(=O)c4ccccc4C3=O)cs2)cc1. The molecule has 8 heteroatoms. The summed E-state index contributed by atoms with van der Waals surface area (Å²) < 4.78 is 24.7. The van der Waals surface area contributed by atoms with Crippen molar-refractivity contribution in [3.63, 3.8) is 0 Å². The number of fused-ring (bicyclic) bond motifs is 1. The Morgan fingerprint density at radius 2 is 1.85 bits per heavy atom. The van der Waals surface area contributed by atoms with Crippen LogP contribution in [0.3, 0.4) is 0 Å². The fraction of sp³-hybridized carbons (Fsp3) is 0.111. The highest BCUT2D eigenvalue weighted by Crippen LogP contribution is 2.26. The first-order chi connectivity index (χ1) is 12.4. The second-order valence-corrected chi connectivity index (χ2v) is 8.48. The molecule has 2 heterocycles. The van der Waals surface area contributed by atoms with Crippen LogP contribution in [0.25, 0.3) is 10.6 Å². The van der Waals surface area contributed by atoms with Crippen molar-refractivity contribution in [2.24, 2.45) is 0 Å². The standard InChI is InChI=1S/C18H15N3O3S2/c1-12-6-8-13(9-7-12)17-19-14(11-25-17)10-21-18(22)15-4-2-3-5-16(15)26(23,24)20-21/h2-9,11,20H,10H2,1H3. The molecule has 1 amide bonds. The fourth-order valence-corrected chi connectivity index (χ4v) is 4.79. The van der Waals surface area contributed by atoms with E-state index in [-0.39, 0.29) is 22.9 Å². The number of nitrogens with zero attached hydrogens (tertiary/aromatic N) is 2. The molecule has 132 valence electrons. The minimum atomic E-state index is -3.76. The minimum Gasteiger partial charge on any atom is -0.268 e. The summed E-state index contributed by atoms with van der Waals surface area (Å²) in [5.41, 5.74) is 2.95. The Morgan fingerprint density at radius 3 is 2.62 bits per heavy atom. The molecule has 0 saturated heterocycles. The van der Waals surface area contributed by atoms with Crippen molar-refractivity contribution in [2.75, 3.05) is 0 Å². The third-order valence-corrected chi connectivity index (χ3v) is 6.39. The largest absolute Gasteiger partial charge is 0.270 e. The highest BCUT2D eigenvalue weighted by atomic mass is 32.2. The molecule has 0 bridgehead atoms. The van der Waals surface area contributed by atoms with Gasteiger partial charge in [-0.25, -0.2) is 13.4 Å². The van der Waals surface area contributed by atoms with Crippen molar-refractivity contribution in [1.29, 1.82) is 0 Å². The summed E-state index contributed by atoms with van der Waals surface area (Å²) in [7, 11) is -3.76. The number of carbonyl (C=O) groups is 1. The van der Waals surface area contributed by atoms with Crippen molar-refractivity contribution < 1.29 is 13.2 Å². The van der Waals surface area contributed by atoms with Crippen LogP contribution in [0.2, 0.25) is 0 Å². The number of aromatic nitrogens is 1. The predicted octanol–water partition coefficient (Wildman–Crippen LogP) is 2.97. The lowest BCUT2D eigenvalue weighted by Gasteiger charge is -2.28. The molecule has 1 N–H and O–H groups in total. The van der Waals surface area contributed by atoms with Crippen LogP contribution >= 0.6 is 11.3 Å². The Hall–Kier alpha value is -2.55. The highest BCUT2D eigenvalue weighted by molar-refractivity contribution is 7.89. The Balaban J connectivity index is 1.61. The first kappa shape index (κ1) is 16.9. The second-order valence-electron chi connectivity index (χ2n) is 5.99. The van der Waals surface area contributed by atoms with Crippen molar-refractivity contribution in [2.45, 2.75) is 18.4 Å². The molecule has 0 aliphatic carbocycles. The Labute approximate surface area is 155 Å². The lowest BCUT2D eigenvalue weighted by atomic mass is 10.2. The van der Waals surface area contributed by atoms with Crippen LogP contribution in [0, 0.1) is 6.92 Å². The molecule has 0 atom stereocenters. The van der Waals surface area contributed by atoms with Crippen LogP contribution < -0.4 is 4.83 Å². The van der Waals surface area contributed by atoms with Gasteiger partial charge in [-0.05, 0) is 19.1 Å². The van der Waals surface area contributed by atoms with Gasteiger partial charge in [-0.2, -0.15) is 0 Å². The van der Waals surface area contributed by atoms with Gasteiger partial charge in [0.2, 0.25) is 0 Å². The number of sulfonamides is 1. The van der Waals surface area contributed by atoms with Gasteiger partial charge < -0.3 is 0 Å². The third kappa shape index (κ3) is 3.03. The van der Waals surface area contributed by atoms with Gasteiger partial charge in [0.15, 0.2) is 0 Å². The van der Waals surface area contributed by atoms with E-state index in [1.165, 1.54) is 23.5 Å². The maximum absolute atomic E-state index is 12.6. The van der Waals surface area contributed by atoms with Gasteiger partial charge in [0, 0.05) is 10.9 Å². The number of nitrogens with one attached hydrogen (secondary N) is 1. The molecule has 1 aliphatic heterocycles. The molecular weight excluding hydrogens is 370 g/mol. The number of hydrogen-bond donors (Lipinski definition) is 1. The highest BCUT2D eigenvalue weighted by Gasteiger charge is 2.34. The van der Waals surface area contributed by atoms with E-state index in [9.17, 15) is 13.2 Å². The molecule has 0 fully saturated rings. The van der Waals surface area contributed by atoms with E-state index >= 15 is 0 Å². The first-order valence-corrected chi connectivity index (χ1v) is 10.2. The molecule has 0 radical (unpaired) electrons. The summed E-state index contributed by atoms with van der Waals surface area (Å²) in [6.07, 6.45) is 0. The van der Waals surface area contributed by atoms with Crippen LogP contribution in [-0.4, -0.2) is 24.3 Å². The number of thiazole rings is 1. The molecular formula is C18H15N3O3S2. The molecule has 0 spiro atoms. The first-order valence-electron chi connectivity index (χ1n) is 7.89. The van der Waals surface area contributed by atoms with Gasteiger partial charge in [-0.1, -0.05) is 42.0 Å². The van der Waals surface area contributed by atoms with Gasteiger partial charge in [0.25, 0.3) is 15.9 Å². The molecule has 1 aromatic heterocycles. The van der Waals surface area contributed by atoms with E-state index in [2.05, 4.69) is 9.82 Å². The van der Waals surface area contributed by atoms with Crippen molar-refractivity contribution in [1.82, 2.24) is 14.8 Å². The predicted molar refractivity (Wildman–Crippen MR) is 98.9 cm³/mol. The Bertz CT molecular complexity index is 1090. The Kier molecular flexibility index (Phi) is 4.10. The van der Waals surface area contributed by atoms with Crippen molar-refractivity contribution in [3.8, 4) is 10.6 Å². The lowest BCUT2D eigenvalue weighted by molar-refractivity contribution is 0.0685. The van der Waals surface area contributed by atoms with Gasteiger partial charge in [0.05, 0.1) is 22.7 Å². The minimum absolute atomic E-state index is 0.000118. The van der Waals surface area contributed by atoms with Gasteiger partial charge in [-0.3, -0.25) is 9.80 Å². The summed E-state index contributed by atoms with van der Waals surface area (Å²) in [4.78, 5) is 19.5. The number of hydrogen-bond acceptors (Lipinski definition) is 5. The quantitative estimate of drug-likeness (QED) is 0.752. The number of aryl methyl sites for hydroxylation is 1. The zero-order valence-electron chi connectivity index (χ0n) is 13.8. The lowest BCUT2D eigenvalue weighted by Crippen LogP contribution is -2.49. The van der Waals surface area contributed by atoms with E-state index < -0.39 is 10.0 Å². The normalized spacial score (nSPS) is 15.7. The fourth-order valence-electron chi connectivity index (χ4n) is 2.73. The van der Waals surface area contributed by atoms with Crippen molar-refractivity contribution in [3.05, 3.63) is 70.7 Å². The number of carbonyl (C=O) groups excluding carboxylic acids is 1. The molecule has 26 heavy (non-hydrogen) atoms. The smallest absolute Gasteiger partial charge is 0.268 e.